The molecule has 0 aliphatic carbocycles. The summed E-state index contributed by atoms with van der Waals surface area (Å²) in [6, 6.07) is 10.9. The smallest absolute Gasteiger partial charge is 0.356 e. The fourth-order valence-corrected chi connectivity index (χ4v) is 4.13. The summed E-state index contributed by atoms with van der Waals surface area (Å²) in [5, 5.41) is 0.500. The second kappa shape index (κ2) is 7.35. The molecule has 0 fully saturated rings. The number of rotatable bonds is 5. The molecule has 28 heavy (non-hydrogen) atoms. The standard InChI is InChI=1S/C19H18N2O6S/c1-11-8-9-14-13(10-11)16(17(20-14)19(23)27-3)21-28(24,25)15-7-5-4-6-12(15)18(22)26-2/h4-10,20-21H,1-3H3. The molecule has 0 aliphatic rings. The average molecular weight is 402 g/mol. The Bertz CT molecular complexity index is 1180. The summed E-state index contributed by atoms with van der Waals surface area (Å²) < 4.78 is 37.9. The van der Waals surface area contributed by atoms with Crippen LogP contribution in [0, 0.1) is 6.92 Å². The van der Waals surface area contributed by atoms with E-state index in [0.29, 0.717) is 10.9 Å². The summed E-state index contributed by atoms with van der Waals surface area (Å²) in [7, 11) is -1.85. The first kappa shape index (κ1) is 19.4. The number of carbonyl (C=O) groups excluding carboxylic acids is 2. The zero-order chi connectivity index (χ0) is 20.5. The molecule has 0 spiro atoms. The monoisotopic (exact) mass is 402 g/mol. The van der Waals surface area contributed by atoms with Crippen molar-refractivity contribution < 1.29 is 27.5 Å². The number of aromatic nitrogens is 1. The van der Waals surface area contributed by atoms with Gasteiger partial charge in [0, 0.05) is 10.9 Å². The van der Waals surface area contributed by atoms with Crippen molar-refractivity contribution in [3.63, 3.8) is 0 Å². The summed E-state index contributed by atoms with van der Waals surface area (Å²) in [6.07, 6.45) is 0. The van der Waals surface area contributed by atoms with Gasteiger partial charge in [-0.3, -0.25) is 4.72 Å². The molecule has 2 aromatic carbocycles. The van der Waals surface area contributed by atoms with Crippen LogP contribution in [0.1, 0.15) is 26.4 Å². The number of ether oxygens (including phenoxy) is 2. The van der Waals surface area contributed by atoms with Crippen LogP contribution in [-0.4, -0.2) is 39.6 Å². The van der Waals surface area contributed by atoms with Crippen molar-refractivity contribution in [1.29, 1.82) is 0 Å². The van der Waals surface area contributed by atoms with Crippen molar-refractivity contribution in [2.45, 2.75) is 11.8 Å². The number of sulfonamides is 1. The number of aryl methyl sites for hydroxylation is 1. The van der Waals surface area contributed by atoms with Gasteiger partial charge in [-0.15, -0.1) is 0 Å². The number of carbonyl (C=O) groups is 2. The van der Waals surface area contributed by atoms with Crippen LogP contribution >= 0.6 is 0 Å². The number of benzene rings is 2. The van der Waals surface area contributed by atoms with Crippen molar-refractivity contribution in [1.82, 2.24) is 4.98 Å². The molecular formula is C19H18N2O6S. The van der Waals surface area contributed by atoms with Crippen molar-refractivity contribution >= 4 is 38.6 Å². The lowest BCUT2D eigenvalue weighted by molar-refractivity contribution is 0.0587. The molecule has 3 aromatic rings. The minimum absolute atomic E-state index is 0.0396. The molecule has 8 nitrogen and oxygen atoms in total. The molecule has 0 bridgehead atoms. The lowest BCUT2D eigenvalue weighted by Crippen LogP contribution is -2.19. The Labute approximate surface area is 161 Å². The van der Waals surface area contributed by atoms with Crippen molar-refractivity contribution in [3.05, 3.63) is 59.3 Å². The predicted molar refractivity (Wildman–Crippen MR) is 103 cm³/mol. The molecule has 0 amide bonds. The fraction of sp³-hybridized carbons (Fsp3) is 0.158. The SMILES string of the molecule is COC(=O)c1ccccc1S(=O)(=O)Nc1c(C(=O)OC)[nH]c2ccc(C)cc12. The van der Waals surface area contributed by atoms with Crippen LogP contribution in [0.2, 0.25) is 0 Å². The molecular weight excluding hydrogens is 384 g/mol. The molecule has 1 aromatic heterocycles. The molecule has 0 radical (unpaired) electrons. The zero-order valence-electron chi connectivity index (χ0n) is 15.4. The van der Waals surface area contributed by atoms with Crippen LogP contribution in [0.15, 0.2) is 47.4 Å². The van der Waals surface area contributed by atoms with Gasteiger partial charge in [0.2, 0.25) is 0 Å². The van der Waals surface area contributed by atoms with Gasteiger partial charge in [-0.05, 0) is 31.2 Å². The first-order valence-electron chi connectivity index (χ1n) is 8.19. The van der Waals surface area contributed by atoms with Crippen LogP contribution in [0.3, 0.4) is 0 Å². The van der Waals surface area contributed by atoms with Crippen LogP contribution < -0.4 is 4.72 Å². The molecule has 3 rings (SSSR count). The summed E-state index contributed by atoms with van der Waals surface area (Å²) in [5.41, 5.74) is 1.32. The van der Waals surface area contributed by atoms with E-state index < -0.39 is 22.0 Å². The van der Waals surface area contributed by atoms with E-state index in [-0.39, 0.29) is 21.8 Å². The molecule has 0 saturated carbocycles. The molecule has 146 valence electrons. The maximum absolute atomic E-state index is 13.0. The number of hydrogen-bond donors (Lipinski definition) is 2. The maximum atomic E-state index is 13.0. The summed E-state index contributed by atoms with van der Waals surface area (Å²) in [5.74, 6) is -1.52. The summed E-state index contributed by atoms with van der Waals surface area (Å²) in [4.78, 5) is 26.7. The van der Waals surface area contributed by atoms with Gasteiger partial charge in [-0.1, -0.05) is 23.8 Å². The Morgan fingerprint density at radius 1 is 1.00 bits per heavy atom. The highest BCUT2D eigenvalue weighted by Gasteiger charge is 2.27. The third kappa shape index (κ3) is 3.44. The van der Waals surface area contributed by atoms with Crippen LogP contribution in [0.25, 0.3) is 10.9 Å². The number of H-pyrrole nitrogens is 1. The Morgan fingerprint density at radius 2 is 1.68 bits per heavy atom. The van der Waals surface area contributed by atoms with E-state index in [0.717, 1.165) is 12.7 Å². The van der Waals surface area contributed by atoms with Gasteiger partial charge in [0.15, 0.2) is 5.69 Å². The Hall–Kier alpha value is -3.33. The van der Waals surface area contributed by atoms with Gasteiger partial charge in [0.25, 0.3) is 10.0 Å². The maximum Gasteiger partial charge on any atom is 0.356 e. The number of esters is 2. The third-order valence-corrected chi connectivity index (χ3v) is 5.57. The van der Waals surface area contributed by atoms with Crippen LogP contribution in [-0.2, 0) is 19.5 Å². The molecule has 0 atom stereocenters. The largest absolute Gasteiger partial charge is 0.465 e. The Kier molecular flexibility index (Phi) is 5.10. The van der Waals surface area contributed by atoms with Gasteiger partial charge >= 0.3 is 11.9 Å². The summed E-state index contributed by atoms with van der Waals surface area (Å²) >= 11 is 0. The van der Waals surface area contributed by atoms with E-state index >= 15 is 0 Å². The third-order valence-electron chi connectivity index (χ3n) is 4.16. The number of anilines is 1. The highest BCUT2D eigenvalue weighted by molar-refractivity contribution is 7.92. The Balaban J connectivity index is 2.18. The van der Waals surface area contributed by atoms with E-state index in [1.807, 2.05) is 13.0 Å². The zero-order valence-corrected chi connectivity index (χ0v) is 16.2. The Morgan fingerprint density at radius 3 is 2.36 bits per heavy atom. The number of methoxy groups -OCH3 is 2. The van der Waals surface area contributed by atoms with Crippen LogP contribution in [0.5, 0.6) is 0 Å². The summed E-state index contributed by atoms with van der Waals surface area (Å²) in [6.45, 7) is 1.84. The van der Waals surface area contributed by atoms with Gasteiger partial charge in [-0.2, -0.15) is 0 Å². The van der Waals surface area contributed by atoms with E-state index in [2.05, 4.69) is 14.4 Å². The highest BCUT2D eigenvalue weighted by atomic mass is 32.2. The van der Waals surface area contributed by atoms with Crippen molar-refractivity contribution in [2.24, 2.45) is 0 Å². The average Bonchev–Trinajstić information content (AvgIpc) is 3.03. The van der Waals surface area contributed by atoms with Crippen molar-refractivity contribution in [2.75, 3.05) is 18.9 Å². The van der Waals surface area contributed by atoms with E-state index in [1.165, 1.54) is 31.4 Å². The molecule has 9 heteroatoms. The second-order valence-corrected chi connectivity index (χ2v) is 7.66. The van der Waals surface area contributed by atoms with Gasteiger partial charge in [0.05, 0.1) is 25.5 Å². The molecule has 1 heterocycles. The molecule has 0 aliphatic heterocycles. The fourth-order valence-electron chi connectivity index (χ4n) is 2.84. The minimum atomic E-state index is -4.22. The lowest BCUT2D eigenvalue weighted by atomic mass is 10.1. The van der Waals surface area contributed by atoms with Gasteiger partial charge < -0.3 is 14.5 Å². The number of hydrogen-bond acceptors (Lipinski definition) is 6. The number of aromatic amines is 1. The van der Waals surface area contributed by atoms with Gasteiger partial charge in [-0.25, -0.2) is 18.0 Å². The number of fused-ring (bicyclic) bond motifs is 1. The first-order chi connectivity index (χ1) is 13.3. The van der Waals surface area contributed by atoms with Crippen molar-refractivity contribution in [3.8, 4) is 0 Å². The quantitative estimate of drug-likeness (QED) is 0.634. The second-order valence-electron chi connectivity index (χ2n) is 6.01. The normalized spacial score (nSPS) is 11.2. The first-order valence-corrected chi connectivity index (χ1v) is 9.67. The number of nitrogens with one attached hydrogen (secondary N) is 2. The van der Waals surface area contributed by atoms with E-state index in [4.69, 9.17) is 4.74 Å². The highest BCUT2D eigenvalue weighted by Crippen LogP contribution is 2.32. The van der Waals surface area contributed by atoms with E-state index in [9.17, 15) is 18.0 Å². The minimum Gasteiger partial charge on any atom is -0.465 e. The molecule has 2 N–H and O–H groups in total. The van der Waals surface area contributed by atoms with E-state index in [1.54, 1.807) is 12.1 Å². The predicted octanol–water partition coefficient (Wildman–Crippen LogP) is 2.85. The van der Waals surface area contributed by atoms with Crippen LogP contribution in [0.4, 0.5) is 5.69 Å². The lowest BCUT2D eigenvalue weighted by Gasteiger charge is -2.12. The molecule has 0 unspecified atom stereocenters. The molecule has 0 saturated heterocycles. The van der Waals surface area contributed by atoms with Gasteiger partial charge in [0.1, 0.15) is 4.90 Å². The topological polar surface area (TPSA) is 115 Å².